The lowest BCUT2D eigenvalue weighted by molar-refractivity contribution is 0.412. The van der Waals surface area contributed by atoms with Crippen molar-refractivity contribution in [3.8, 4) is 0 Å². The number of rotatable bonds is 3. The zero-order valence-electron chi connectivity index (χ0n) is 9.99. The molecule has 3 nitrogen and oxygen atoms in total. The molecule has 1 fully saturated rings. The number of hydrazone groups is 1. The topological polar surface area (TPSA) is 36.4 Å². The van der Waals surface area contributed by atoms with Crippen LogP contribution in [0.1, 0.15) is 37.0 Å². The molecule has 6 heteroatoms. The van der Waals surface area contributed by atoms with Crippen LogP contribution in [0.2, 0.25) is 0 Å². The lowest BCUT2D eigenvalue weighted by atomic mass is 9.96. The maximum Gasteiger partial charge on any atom is 0.187 e. The van der Waals surface area contributed by atoms with Crippen LogP contribution >= 0.6 is 39.5 Å². The minimum atomic E-state index is 0.518. The molecule has 1 aromatic heterocycles. The Bertz CT molecular complexity index is 425. The van der Waals surface area contributed by atoms with Crippen LogP contribution in [0.5, 0.6) is 0 Å². The second-order valence-electron chi connectivity index (χ2n) is 4.32. The van der Waals surface area contributed by atoms with Crippen LogP contribution in [0.3, 0.4) is 0 Å². The molecular formula is C12H16BrN3S2. The fraction of sp³-hybridized carbons (Fsp3) is 0.500. The van der Waals surface area contributed by atoms with Crippen LogP contribution in [-0.2, 0) is 0 Å². The van der Waals surface area contributed by atoms with E-state index in [-0.39, 0.29) is 0 Å². The van der Waals surface area contributed by atoms with Crippen LogP contribution in [0.4, 0.5) is 0 Å². The first-order valence-corrected chi connectivity index (χ1v) is 8.11. The minimum absolute atomic E-state index is 0.518. The highest BCUT2D eigenvalue weighted by Gasteiger charge is 2.13. The summed E-state index contributed by atoms with van der Waals surface area (Å²) in [6.07, 6.45) is 8.15. The van der Waals surface area contributed by atoms with E-state index in [0.717, 1.165) is 8.66 Å². The quantitative estimate of drug-likeness (QED) is 0.498. The van der Waals surface area contributed by atoms with Gasteiger partial charge in [0.1, 0.15) is 0 Å². The predicted molar refractivity (Wildman–Crippen MR) is 85.4 cm³/mol. The van der Waals surface area contributed by atoms with Gasteiger partial charge in [-0.3, -0.25) is 5.43 Å². The normalized spacial score (nSPS) is 16.9. The summed E-state index contributed by atoms with van der Waals surface area (Å²) in [6.45, 7) is 0. The van der Waals surface area contributed by atoms with E-state index < -0.39 is 0 Å². The Morgan fingerprint density at radius 2 is 2.17 bits per heavy atom. The third-order valence-corrected chi connectivity index (χ3v) is 4.66. The van der Waals surface area contributed by atoms with Crippen molar-refractivity contribution in [3.63, 3.8) is 0 Å². The van der Waals surface area contributed by atoms with Gasteiger partial charge in [0.25, 0.3) is 0 Å². The highest BCUT2D eigenvalue weighted by atomic mass is 79.9. The Labute approximate surface area is 125 Å². The predicted octanol–water partition coefficient (Wildman–Crippen LogP) is 3.64. The van der Waals surface area contributed by atoms with Gasteiger partial charge >= 0.3 is 0 Å². The van der Waals surface area contributed by atoms with Crippen LogP contribution in [0.15, 0.2) is 21.0 Å². The molecule has 1 aromatic rings. The molecule has 1 heterocycles. The van der Waals surface area contributed by atoms with E-state index in [2.05, 4.69) is 31.8 Å². The molecule has 1 saturated carbocycles. The van der Waals surface area contributed by atoms with Gasteiger partial charge in [0.05, 0.1) is 10.0 Å². The molecule has 18 heavy (non-hydrogen) atoms. The Morgan fingerprint density at radius 1 is 1.39 bits per heavy atom. The summed E-state index contributed by atoms with van der Waals surface area (Å²) < 4.78 is 1.10. The standard InChI is InChI=1S/C12H16BrN3S2/c13-11-7-6-10(18-11)8-14-16-12(17)15-9-4-2-1-3-5-9/h6-9H,1-5H2,(H2,15,16,17)/b14-8+. The van der Waals surface area contributed by atoms with Gasteiger partial charge in [0.2, 0.25) is 0 Å². The Balaban J connectivity index is 1.72. The summed E-state index contributed by atoms with van der Waals surface area (Å²) in [7, 11) is 0. The van der Waals surface area contributed by atoms with Crippen molar-refractivity contribution in [2.75, 3.05) is 0 Å². The van der Waals surface area contributed by atoms with Crippen molar-refractivity contribution in [1.29, 1.82) is 0 Å². The summed E-state index contributed by atoms with van der Waals surface area (Å²) in [4.78, 5) is 1.09. The summed E-state index contributed by atoms with van der Waals surface area (Å²) in [5.41, 5.74) is 2.87. The van der Waals surface area contributed by atoms with Crippen molar-refractivity contribution in [3.05, 3.63) is 20.8 Å². The number of halogens is 1. The molecule has 2 rings (SSSR count). The molecule has 0 atom stereocenters. The van der Waals surface area contributed by atoms with E-state index in [0.29, 0.717) is 11.2 Å². The van der Waals surface area contributed by atoms with Crippen molar-refractivity contribution in [2.45, 2.75) is 38.1 Å². The van der Waals surface area contributed by atoms with Crippen molar-refractivity contribution in [1.82, 2.24) is 10.7 Å². The van der Waals surface area contributed by atoms with Gasteiger partial charge < -0.3 is 5.32 Å². The maximum absolute atomic E-state index is 5.21. The zero-order chi connectivity index (χ0) is 12.8. The van der Waals surface area contributed by atoms with Gasteiger partial charge in [0.15, 0.2) is 5.11 Å². The number of hydrogen-bond acceptors (Lipinski definition) is 3. The summed E-state index contributed by atoms with van der Waals surface area (Å²) in [5, 5.41) is 8.06. The van der Waals surface area contributed by atoms with E-state index in [1.54, 1.807) is 17.6 Å². The second kappa shape index (κ2) is 7.21. The van der Waals surface area contributed by atoms with Crippen molar-refractivity contribution >= 4 is 50.8 Å². The fourth-order valence-electron chi connectivity index (χ4n) is 2.02. The first-order valence-electron chi connectivity index (χ1n) is 6.09. The molecule has 0 aromatic carbocycles. The molecule has 1 aliphatic carbocycles. The van der Waals surface area contributed by atoms with E-state index in [1.807, 2.05) is 12.1 Å². The highest BCUT2D eigenvalue weighted by molar-refractivity contribution is 9.11. The van der Waals surface area contributed by atoms with Gasteiger partial charge in [-0.25, -0.2) is 0 Å². The SMILES string of the molecule is S=C(N/N=C/c1ccc(Br)s1)NC1CCCCC1. The molecule has 0 saturated heterocycles. The largest absolute Gasteiger partial charge is 0.359 e. The molecule has 0 spiro atoms. The van der Waals surface area contributed by atoms with Crippen molar-refractivity contribution in [2.24, 2.45) is 5.10 Å². The molecule has 0 radical (unpaired) electrons. The van der Waals surface area contributed by atoms with Gasteiger partial charge in [-0.2, -0.15) is 5.10 Å². The van der Waals surface area contributed by atoms with Gasteiger partial charge in [-0.15, -0.1) is 11.3 Å². The van der Waals surface area contributed by atoms with Gasteiger partial charge in [0, 0.05) is 10.9 Å². The van der Waals surface area contributed by atoms with Crippen LogP contribution in [0.25, 0.3) is 0 Å². The van der Waals surface area contributed by atoms with E-state index in [1.165, 1.54) is 32.1 Å². The third kappa shape index (κ3) is 4.66. The molecule has 98 valence electrons. The number of nitrogens with zero attached hydrogens (tertiary/aromatic N) is 1. The Hall–Kier alpha value is -0.460. The highest BCUT2D eigenvalue weighted by Crippen LogP contribution is 2.20. The smallest absolute Gasteiger partial charge is 0.187 e. The maximum atomic E-state index is 5.21. The number of hydrogen-bond donors (Lipinski definition) is 2. The van der Waals surface area contributed by atoms with Crippen LogP contribution in [0, 0.1) is 0 Å². The van der Waals surface area contributed by atoms with Gasteiger partial charge in [-0.1, -0.05) is 19.3 Å². The molecule has 0 bridgehead atoms. The lowest BCUT2D eigenvalue weighted by Gasteiger charge is -2.23. The first-order chi connectivity index (χ1) is 8.74. The van der Waals surface area contributed by atoms with Gasteiger partial charge in [-0.05, 0) is 53.1 Å². The molecule has 2 N–H and O–H groups in total. The van der Waals surface area contributed by atoms with Crippen molar-refractivity contribution < 1.29 is 0 Å². The summed E-state index contributed by atoms with van der Waals surface area (Å²) >= 11 is 10.3. The molecule has 0 amide bonds. The zero-order valence-corrected chi connectivity index (χ0v) is 13.2. The van der Waals surface area contributed by atoms with E-state index in [9.17, 15) is 0 Å². The fourth-order valence-corrected chi connectivity index (χ4v) is 3.53. The van der Waals surface area contributed by atoms with E-state index >= 15 is 0 Å². The summed E-state index contributed by atoms with van der Waals surface area (Å²) in [5.74, 6) is 0. The Morgan fingerprint density at radius 3 is 2.83 bits per heavy atom. The van der Waals surface area contributed by atoms with Crippen LogP contribution < -0.4 is 10.7 Å². The molecular weight excluding hydrogens is 330 g/mol. The minimum Gasteiger partial charge on any atom is -0.359 e. The molecule has 1 aliphatic rings. The summed E-state index contributed by atoms with van der Waals surface area (Å²) in [6, 6.07) is 4.53. The third-order valence-electron chi connectivity index (χ3n) is 2.89. The molecule has 0 unspecified atom stereocenters. The monoisotopic (exact) mass is 345 g/mol. The van der Waals surface area contributed by atoms with Crippen LogP contribution in [-0.4, -0.2) is 17.4 Å². The average molecular weight is 346 g/mol. The number of thiophene rings is 1. The second-order valence-corrected chi connectivity index (χ2v) is 7.22. The van der Waals surface area contributed by atoms with E-state index in [4.69, 9.17) is 12.2 Å². The number of nitrogens with one attached hydrogen (secondary N) is 2. The molecule has 0 aliphatic heterocycles. The lowest BCUT2D eigenvalue weighted by Crippen LogP contribution is -2.40. The number of thiocarbonyl (C=S) groups is 1. The Kier molecular flexibility index (Phi) is 5.59. The first kappa shape index (κ1) is 14.0. The average Bonchev–Trinajstić information content (AvgIpc) is 2.76.